The van der Waals surface area contributed by atoms with E-state index in [1.165, 1.54) is 0 Å². The first kappa shape index (κ1) is 18.2. The quantitative estimate of drug-likeness (QED) is 0.896. The summed E-state index contributed by atoms with van der Waals surface area (Å²) in [4.78, 5) is 29.3. The Balaban J connectivity index is 1.64. The predicted molar refractivity (Wildman–Crippen MR) is 98.4 cm³/mol. The fraction of sp³-hybridized carbons (Fsp3) is 0.579. The standard InChI is InChI=1S/C19H26ClN3O2/c1-19(12-21)8-10-23(13-19)18(25)15-3-2-9-22(11-15)17(24)14-4-6-16(20)7-5-14/h4-7,15H,2-3,8-13,21H2,1H3. The molecule has 136 valence electrons. The van der Waals surface area contributed by atoms with Gasteiger partial charge in [-0.3, -0.25) is 9.59 Å². The van der Waals surface area contributed by atoms with Crippen LogP contribution in [-0.4, -0.2) is 54.3 Å². The van der Waals surface area contributed by atoms with Gasteiger partial charge in [-0.15, -0.1) is 0 Å². The highest BCUT2D eigenvalue weighted by molar-refractivity contribution is 6.30. The number of nitrogens with zero attached hydrogens (tertiary/aromatic N) is 2. The molecular formula is C19H26ClN3O2. The van der Waals surface area contributed by atoms with Crippen LogP contribution in [0, 0.1) is 11.3 Å². The Bertz CT molecular complexity index is 649. The molecule has 3 rings (SSSR count). The maximum atomic E-state index is 12.9. The Morgan fingerprint density at radius 1 is 1.24 bits per heavy atom. The Labute approximate surface area is 154 Å². The van der Waals surface area contributed by atoms with E-state index in [0.717, 1.165) is 32.4 Å². The molecule has 2 amide bonds. The molecule has 1 aromatic carbocycles. The highest BCUT2D eigenvalue weighted by atomic mass is 35.5. The maximum Gasteiger partial charge on any atom is 0.253 e. The lowest BCUT2D eigenvalue weighted by molar-refractivity contribution is -0.136. The Morgan fingerprint density at radius 2 is 1.96 bits per heavy atom. The summed E-state index contributed by atoms with van der Waals surface area (Å²) in [5.41, 5.74) is 6.50. The molecule has 2 atom stereocenters. The number of carbonyl (C=O) groups is 2. The lowest BCUT2D eigenvalue weighted by atomic mass is 9.90. The number of halogens is 1. The van der Waals surface area contributed by atoms with Crippen LogP contribution in [0.1, 0.15) is 36.5 Å². The second-order valence-corrected chi connectivity index (χ2v) is 8.06. The van der Waals surface area contributed by atoms with Crippen LogP contribution in [0.4, 0.5) is 0 Å². The first-order chi connectivity index (χ1) is 11.9. The Hall–Kier alpha value is -1.59. The SMILES string of the molecule is CC1(CN)CCN(C(=O)C2CCCN(C(=O)c3ccc(Cl)cc3)C2)C1. The first-order valence-corrected chi connectivity index (χ1v) is 9.33. The average molecular weight is 364 g/mol. The van der Waals surface area contributed by atoms with E-state index in [1.807, 2.05) is 4.90 Å². The van der Waals surface area contributed by atoms with Gasteiger partial charge >= 0.3 is 0 Å². The minimum atomic E-state index is -0.106. The zero-order valence-electron chi connectivity index (χ0n) is 14.7. The van der Waals surface area contributed by atoms with Crippen molar-refractivity contribution in [1.82, 2.24) is 9.80 Å². The van der Waals surface area contributed by atoms with Crippen molar-refractivity contribution < 1.29 is 9.59 Å². The summed E-state index contributed by atoms with van der Waals surface area (Å²) in [5, 5.41) is 0.611. The average Bonchev–Trinajstić information content (AvgIpc) is 3.04. The Morgan fingerprint density at radius 3 is 2.60 bits per heavy atom. The molecule has 0 bridgehead atoms. The van der Waals surface area contributed by atoms with Gasteiger partial charge in [0.15, 0.2) is 0 Å². The van der Waals surface area contributed by atoms with Crippen LogP contribution in [0.25, 0.3) is 0 Å². The summed E-state index contributed by atoms with van der Waals surface area (Å²) >= 11 is 5.89. The summed E-state index contributed by atoms with van der Waals surface area (Å²) in [7, 11) is 0. The molecule has 0 saturated carbocycles. The van der Waals surface area contributed by atoms with Crippen molar-refractivity contribution in [3.8, 4) is 0 Å². The lowest BCUT2D eigenvalue weighted by Crippen LogP contribution is -2.46. The van der Waals surface area contributed by atoms with E-state index >= 15 is 0 Å². The molecule has 2 aliphatic heterocycles. The monoisotopic (exact) mass is 363 g/mol. The van der Waals surface area contributed by atoms with E-state index in [9.17, 15) is 9.59 Å². The zero-order valence-corrected chi connectivity index (χ0v) is 15.5. The largest absolute Gasteiger partial charge is 0.342 e. The lowest BCUT2D eigenvalue weighted by Gasteiger charge is -2.34. The van der Waals surface area contributed by atoms with Crippen LogP contribution >= 0.6 is 11.6 Å². The number of hydrogen-bond donors (Lipinski definition) is 1. The van der Waals surface area contributed by atoms with E-state index in [2.05, 4.69) is 6.92 Å². The number of piperidine rings is 1. The molecule has 2 aliphatic rings. The van der Waals surface area contributed by atoms with Crippen LogP contribution < -0.4 is 5.73 Å². The number of nitrogens with two attached hydrogens (primary N) is 1. The van der Waals surface area contributed by atoms with Gasteiger partial charge < -0.3 is 15.5 Å². The van der Waals surface area contributed by atoms with E-state index in [-0.39, 0.29) is 23.1 Å². The van der Waals surface area contributed by atoms with Crippen molar-refractivity contribution in [3.63, 3.8) is 0 Å². The number of likely N-dealkylation sites (tertiary alicyclic amines) is 2. The van der Waals surface area contributed by atoms with Crippen LogP contribution in [0.3, 0.4) is 0 Å². The van der Waals surface area contributed by atoms with E-state index < -0.39 is 0 Å². The van der Waals surface area contributed by atoms with Gasteiger partial charge in [-0.25, -0.2) is 0 Å². The van der Waals surface area contributed by atoms with Gasteiger partial charge in [0.05, 0.1) is 5.92 Å². The third-order valence-corrected chi connectivity index (χ3v) is 5.76. The third kappa shape index (κ3) is 3.98. The summed E-state index contributed by atoms with van der Waals surface area (Å²) in [6.07, 6.45) is 2.66. The molecular weight excluding hydrogens is 338 g/mol. The summed E-state index contributed by atoms with van der Waals surface area (Å²) in [6.45, 7) is 5.43. The molecule has 2 fully saturated rings. The fourth-order valence-electron chi connectivity index (χ4n) is 3.77. The number of hydrogen-bond acceptors (Lipinski definition) is 3. The van der Waals surface area contributed by atoms with Gasteiger partial charge in [0.25, 0.3) is 5.91 Å². The van der Waals surface area contributed by atoms with Crippen molar-refractivity contribution in [1.29, 1.82) is 0 Å². The summed E-state index contributed by atoms with van der Waals surface area (Å²) < 4.78 is 0. The molecule has 2 N–H and O–H groups in total. The molecule has 0 radical (unpaired) electrons. The van der Waals surface area contributed by atoms with Crippen molar-refractivity contribution in [2.75, 3.05) is 32.7 Å². The van der Waals surface area contributed by atoms with Gasteiger partial charge in [-0.1, -0.05) is 18.5 Å². The van der Waals surface area contributed by atoms with E-state index in [4.69, 9.17) is 17.3 Å². The van der Waals surface area contributed by atoms with Gasteiger partial charge in [0.2, 0.25) is 5.91 Å². The third-order valence-electron chi connectivity index (χ3n) is 5.51. The smallest absolute Gasteiger partial charge is 0.253 e. The zero-order chi connectivity index (χ0) is 18.0. The molecule has 5 nitrogen and oxygen atoms in total. The van der Waals surface area contributed by atoms with Crippen molar-refractivity contribution >= 4 is 23.4 Å². The molecule has 0 spiro atoms. The predicted octanol–water partition coefficient (Wildman–Crippen LogP) is 2.39. The molecule has 2 heterocycles. The highest BCUT2D eigenvalue weighted by Crippen LogP contribution is 2.31. The minimum Gasteiger partial charge on any atom is -0.342 e. The van der Waals surface area contributed by atoms with Gasteiger partial charge in [-0.05, 0) is 55.5 Å². The highest BCUT2D eigenvalue weighted by Gasteiger charge is 2.38. The molecule has 0 aliphatic carbocycles. The molecule has 25 heavy (non-hydrogen) atoms. The number of benzene rings is 1. The van der Waals surface area contributed by atoms with Crippen LogP contribution in [0.5, 0.6) is 0 Å². The first-order valence-electron chi connectivity index (χ1n) is 8.95. The van der Waals surface area contributed by atoms with Gasteiger partial charge in [0, 0.05) is 36.8 Å². The number of amides is 2. The topological polar surface area (TPSA) is 66.6 Å². The second kappa shape index (κ2) is 7.34. The second-order valence-electron chi connectivity index (χ2n) is 7.62. The van der Waals surface area contributed by atoms with Crippen molar-refractivity contribution in [2.24, 2.45) is 17.1 Å². The molecule has 2 unspecified atom stereocenters. The number of rotatable bonds is 3. The summed E-state index contributed by atoms with van der Waals surface area (Å²) in [5.74, 6) is 0.0401. The molecule has 0 aromatic heterocycles. The van der Waals surface area contributed by atoms with Crippen LogP contribution in [0.2, 0.25) is 5.02 Å². The normalized spacial score (nSPS) is 26.8. The Kier molecular flexibility index (Phi) is 5.35. The van der Waals surface area contributed by atoms with Crippen molar-refractivity contribution in [3.05, 3.63) is 34.9 Å². The minimum absolute atomic E-state index is 0.0256. The fourth-order valence-corrected chi connectivity index (χ4v) is 3.90. The van der Waals surface area contributed by atoms with E-state index in [0.29, 0.717) is 30.2 Å². The molecule has 6 heteroatoms. The van der Waals surface area contributed by atoms with E-state index in [1.54, 1.807) is 29.2 Å². The van der Waals surface area contributed by atoms with Crippen LogP contribution in [-0.2, 0) is 4.79 Å². The van der Waals surface area contributed by atoms with Crippen LogP contribution in [0.15, 0.2) is 24.3 Å². The van der Waals surface area contributed by atoms with Gasteiger partial charge in [-0.2, -0.15) is 0 Å². The summed E-state index contributed by atoms with van der Waals surface area (Å²) in [6, 6.07) is 6.92. The molecule has 2 saturated heterocycles. The van der Waals surface area contributed by atoms with Gasteiger partial charge in [0.1, 0.15) is 0 Å². The van der Waals surface area contributed by atoms with Crippen molar-refractivity contribution in [2.45, 2.75) is 26.2 Å². The number of carbonyl (C=O) groups excluding carboxylic acids is 2. The molecule has 1 aromatic rings. The maximum absolute atomic E-state index is 12.9.